The van der Waals surface area contributed by atoms with Gasteiger partial charge in [-0.3, -0.25) is 9.59 Å². The molecule has 0 radical (unpaired) electrons. The first kappa shape index (κ1) is 17.9. The summed E-state index contributed by atoms with van der Waals surface area (Å²) in [5.74, 6) is -0.421. The van der Waals surface area contributed by atoms with Gasteiger partial charge in [-0.15, -0.1) is 0 Å². The number of amides is 2. The third-order valence-corrected chi connectivity index (χ3v) is 5.36. The van der Waals surface area contributed by atoms with Crippen LogP contribution in [0.4, 0.5) is 4.39 Å². The molecule has 3 rings (SSSR count). The smallest absolute Gasteiger partial charge is 0.253 e. The largest absolute Gasteiger partial charge is 0.342 e. The summed E-state index contributed by atoms with van der Waals surface area (Å²) in [6.07, 6.45) is 3.62. The van der Waals surface area contributed by atoms with Crippen LogP contribution in [0.2, 0.25) is 0 Å². The Morgan fingerprint density at radius 2 is 1.72 bits per heavy atom. The number of hydrogen-bond acceptors (Lipinski definition) is 3. The van der Waals surface area contributed by atoms with Crippen LogP contribution in [-0.2, 0) is 4.79 Å². The van der Waals surface area contributed by atoms with Crippen molar-refractivity contribution in [3.05, 3.63) is 35.6 Å². The minimum atomic E-state index is -0.353. The summed E-state index contributed by atoms with van der Waals surface area (Å²) in [5.41, 5.74) is 0.476. The predicted molar refractivity (Wildman–Crippen MR) is 93.7 cm³/mol. The van der Waals surface area contributed by atoms with Crippen molar-refractivity contribution < 1.29 is 14.0 Å². The standard InChI is InChI=1S/C19H26FN3O2/c1-21-17-8-11-22(12-9-17)19(25)15-3-2-10-23(13-15)18(24)14-4-6-16(20)7-5-14/h4-7,15,17,21H,2-3,8-13H2,1H3. The molecule has 136 valence electrons. The molecule has 1 N–H and O–H groups in total. The molecule has 2 aliphatic heterocycles. The maximum Gasteiger partial charge on any atom is 0.253 e. The van der Waals surface area contributed by atoms with Crippen molar-refractivity contribution in [1.82, 2.24) is 15.1 Å². The van der Waals surface area contributed by atoms with Gasteiger partial charge in [0, 0.05) is 37.8 Å². The molecule has 5 nitrogen and oxygen atoms in total. The third-order valence-electron chi connectivity index (χ3n) is 5.36. The first-order valence-electron chi connectivity index (χ1n) is 9.09. The van der Waals surface area contributed by atoms with Crippen LogP contribution in [0, 0.1) is 11.7 Å². The lowest BCUT2D eigenvalue weighted by Gasteiger charge is -2.37. The number of piperidine rings is 2. The zero-order valence-corrected chi connectivity index (χ0v) is 14.7. The number of likely N-dealkylation sites (tertiary alicyclic amines) is 2. The number of carbonyl (C=O) groups is 2. The Morgan fingerprint density at radius 1 is 1.04 bits per heavy atom. The second-order valence-electron chi connectivity index (χ2n) is 6.99. The van der Waals surface area contributed by atoms with Crippen molar-refractivity contribution in [3.63, 3.8) is 0 Å². The molecule has 0 saturated carbocycles. The molecule has 0 aliphatic carbocycles. The maximum atomic E-state index is 13.0. The van der Waals surface area contributed by atoms with Gasteiger partial charge in [-0.2, -0.15) is 0 Å². The van der Waals surface area contributed by atoms with E-state index in [-0.39, 0.29) is 23.5 Å². The fraction of sp³-hybridized carbons (Fsp3) is 0.579. The highest BCUT2D eigenvalue weighted by atomic mass is 19.1. The number of halogens is 1. The van der Waals surface area contributed by atoms with Crippen molar-refractivity contribution in [3.8, 4) is 0 Å². The van der Waals surface area contributed by atoms with Crippen LogP contribution in [0.25, 0.3) is 0 Å². The van der Waals surface area contributed by atoms with E-state index in [1.807, 2.05) is 11.9 Å². The molecular weight excluding hydrogens is 321 g/mol. The molecule has 0 spiro atoms. The Bertz CT molecular complexity index is 612. The lowest BCUT2D eigenvalue weighted by Crippen LogP contribution is -2.50. The summed E-state index contributed by atoms with van der Waals surface area (Å²) < 4.78 is 13.0. The van der Waals surface area contributed by atoms with Gasteiger partial charge in [0.15, 0.2) is 0 Å². The van der Waals surface area contributed by atoms with Gasteiger partial charge in [-0.05, 0) is 57.0 Å². The highest BCUT2D eigenvalue weighted by Gasteiger charge is 2.33. The number of hydrogen-bond donors (Lipinski definition) is 1. The van der Waals surface area contributed by atoms with E-state index in [1.165, 1.54) is 24.3 Å². The molecule has 0 bridgehead atoms. The fourth-order valence-corrected chi connectivity index (χ4v) is 3.78. The molecule has 1 unspecified atom stereocenters. The van der Waals surface area contributed by atoms with E-state index in [2.05, 4.69) is 5.32 Å². The SMILES string of the molecule is CNC1CCN(C(=O)C2CCCN(C(=O)c3ccc(F)cc3)C2)CC1. The van der Waals surface area contributed by atoms with E-state index in [1.54, 1.807) is 4.90 Å². The molecular formula is C19H26FN3O2. The number of rotatable bonds is 3. The van der Waals surface area contributed by atoms with Gasteiger partial charge < -0.3 is 15.1 Å². The lowest BCUT2D eigenvalue weighted by atomic mass is 9.94. The molecule has 2 heterocycles. The van der Waals surface area contributed by atoms with Crippen LogP contribution in [-0.4, -0.2) is 60.9 Å². The van der Waals surface area contributed by atoms with E-state index in [4.69, 9.17) is 0 Å². The Morgan fingerprint density at radius 3 is 2.36 bits per heavy atom. The van der Waals surface area contributed by atoms with E-state index < -0.39 is 0 Å². The van der Waals surface area contributed by atoms with Crippen LogP contribution in [0.1, 0.15) is 36.0 Å². The Balaban J connectivity index is 1.60. The van der Waals surface area contributed by atoms with Gasteiger partial charge in [-0.25, -0.2) is 4.39 Å². The summed E-state index contributed by atoms with van der Waals surface area (Å²) in [7, 11) is 1.96. The summed E-state index contributed by atoms with van der Waals surface area (Å²) in [6, 6.07) is 6.10. The molecule has 1 atom stereocenters. The quantitative estimate of drug-likeness (QED) is 0.908. The van der Waals surface area contributed by atoms with Crippen molar-refractivity contribution in [2.24, 2.45) is 5.92 Å². The fourth-order valence-electron chi connectivity index (χ4n) is 3.78. The maximum absolute atomic E-state index is 13.0. The monoisotopic (exact) mass is 347 g/mol. The van der Waals surface area contributed by atoms with E-state index in [0.29, 0.717) is 24.7 Å². The Hall–Kier alpha value is -1.95. The second kappa shape index (κ2) is 7.95. The minimum Gasteiger partial charge on any atom is -0.342 e. The number of nitrogens with one attached hydrogen (secondary N) is 1. The highest BCUT2D eigenvalue weighted by molar-refractivity contribution is 5.94. The molecule has 0 aromatic heterocycles. The van der Waals surface area contributed by atoms with Gasteiger partial charge in [0.2, 0.25) is 5.91 Å². The van der Waals surface area contributed by atoms with Crippen molar-refractivity contribution >= 4 is 11.8 Å². The summed E-state index contributed by atoms with van der Waals surface area (Å²) in [6.45, 7) is 2.68. The van der Waals surface area contributed by atoms with E-state index in [9.17, 15) is 14.0 Å². The van der Waals surface area contributed by atoms with Crippen molar-refractivity contribution in [2.75, 3.05) is 33.2 Å². The predicted octanol–water partition coefficient (Wildman–Crippen LogP) is 1.89. The molecule has 2 saturated heterocycles. The van der Waals surface area contributed by atoms with Crippen molar-refractivity contribution in [2.45, 2.75) is 31.7 Å². The molecule has 2 aliphatic rings. The van der Waals surface area contributed by atoms with Crippen LogP contribution in [0.3, 0.4) is 0 Å². The van der Waals surface area contributed by atoms with E-state index >= 15 is 0 Å². The second-order valence-corrected chi connectivity index (χ2v) is 6.99. The Kier molecular flexibility index (Phi) is 5.68. The van der Waals surface area contributed by atoms with Gasteiger partial charge >= 0.3 is 0 Å². The molecule has 2 amide bonds. The topological polar surface area (TPSA) is 52.7 Å². The van der Waals surface area contributed by atoms with Crippen LogP contribution in [0.15, 0.2) is 24.3 Å². The van der Waals surface area contributed by atoms with Crippen LogP contribution in [0.5, 0.6) is 0 Å². The van der Waals surface area contributed by atoms with Gasteiger partial charge in [0.05, 0.1) is 5.92 Å². The number of nitrogens with zero attached hydrogens (tertiary/aromatic N) is 2. The zero-order valence-electron chi connectivity index (χ0n) is 14.7. The van der Waals surface area contributed by atoms with Gasteiger partial charge in [0.25, 0.3) is 5.91 Å². The summed E-state index contributed by atoms with van der Waals surface area (Å²) in [5, 5.41) is 3.27. The first-order chi connectivity index (χ1) is 12.1. The Labute approximate surface area is 148 Å². The molecule has 25 heavy (non-hydrogen) atoms. The average molecular weight is 347 g/mol. The summed E-state index contributed by atoms with van der Waals surface area (Å²) >= 11 is 0. The van der Waals surface area contributed by atoms with Crippen LogP contribution < -0.4 is 5.32 Å². The third kappa shape index (κ3) is 4.18. The molecule has 6 heteroatoms. The zero-order chi connectivity index (χ0) is 17.8. The number of carbonyl (C=O) groups excluding carboxylic acids is 2. The van der Waals surface area contributed by atoms with Crippen LogP contribution >= 0.6 is 0 Å². The molecule has 1 aromatic rings. The minimum absolute atomic E-state index is 0.119. The normalized spacial score (nSPS) is 22.1. The van der Waals surface area contributed by atoms with Gasteiger partial charge in [-0.1, -0.05) is 0 Å². The highest BCUT2D eigenvalue weighted by Crippen LogP contribution is 2.22. The lowest BCUT2D eigenvalue weighted by molar-refractivity contribution is -0.138. The first-order valence-corrected chi connectivity index (χ1v) is 9.09. The molecule has 2 fully saturated rings. The molecule has 1 aromatic carbocycles. The summed E-state index contributed by atoms with van der Waals surface area (Å²) in [4.78, 5) is 29.1. The van der Waals surface area contributed by atoms with Crippen molar-refractivity contribution in [1.29, 1.82) is 0 Å². The number of benzene rings is 1. The average Bonchev–Trinajstić information content (AvgIpc) is 2.67. The van der Waals surface area contributed by atoms with Gasteiger partial charge in [0.1, 0.15) is 5.82 Å². The van der Waals surface area contributed by atoms with E-state index in [0.717, 1.165) is 38.8 Å².